The Morgan fingerprint density at radius 2 is 1.27 bits per heavy atom. The van der Waals surface area contributed by atoms with Gasteiger partial charge in [-0.25, -0.2) is 18.7 Å². The van der Waals surface area contributed by atoms with Gasteiger partial charge in [-0.3, -0.25) is 14.4 Å². The molecular formula is C35H50F4N4O4S. The maximum Gasteiger partial charge on any atom is 0.254 e. The standard InChI is InChI=1S/C11H12F4O.C9H13NS.C8H13NO3.C7H12N2/c1-5-6(12)8(14)10(9(15)7(5)13)16-11(2,3)4;1-9(2,3)11-8-6-4-5-7-10-8;1-8(2,3)12-9-6(10)4-5-7(9)11;1-7(2,3)9-5-4-8-6-9/h1-4H3;4-7H,1-3H3;4-5H2,1-3H3;4-6H,1-3H3. The summed E-state index contributed by atoms with van der Waals surface area (Å²) in [5, 5.41) is 1.97. The first-order valence-corrected chi connectivity index (χ1v) is 16.2. The lowest BCUT2D eigenvalue weighted by Gasteiger charge is -2.24. The van der Waals surface area contributed by atoms with Crippen molar-refractivity contribution in [3.8, 4) is 5.75 Å². The molecule has 0 unspecified atom stereocenters. The fraction of sp³-hybridized carbons (Fsp3) is 0.543. The van der Waals surface area contributed by atoms with Crippen LogP contribution in [0.2, 0.25) is 0 Å². The van der Waals surface area contributed by atoms with Crippen molar-refractivity contribution in [2.75, 3.05) is 0 Å². The van der Waals surface area contributed by atoms with Crippen LogP contribution in [0.4, 0.5) is 17.6 Å². The molecule has 3 aromatic rings. The predicted octanol–water partition coefficient (Wildman–Crippen LogP) is 9.20. The van der Waals surface area contributed by atoms with Gasteiger partial charge in [-0.2, -0.15) is 13.8 Å². The van der Waals surface area contributed by atoms with E-state index in [-0.39, 0.29) is 34.9 Å². The number of hydrogen-bond acceptors (Lipinski definition) is 7. The number of hydroxylamine groups is 2. The second-order valence-electron chi connectivity index (χ2n) is 14.7. The molecule has 0 saturated carbocycles. The molecule has 268 valence electrons. The Labute approximate surface area is 286 Å². The van der Waals surface area contributed by atoms with Crippen molar-refractivity contribution in [2.24, 2.45) is 0 Å². The molecule has 4 rings (SSSR count). The molecule has 48 heavy (non-hydrogen) atoms. The van der Waals surface area contributed by atoms with E-state index in [9.17, 15) is 27.2 Å². The van der Waals surface area contributed by atoms with Gasteiger partial charge in [0.25, 0.3) is 11.8 Å². The van der Waals surface area contributed by atoms with Gasteiger partial charge in [-0.15, -0.1) is 11.8 Å². The van der Waals surface area contributed by atoms with Crippen molar-refractivity contribution in [3.05, 3.63) is 71.9 Å². The summed E-state index contributed by atoms with van der Waals surface area (Å²) in [6.45, 7) is 23.9. The Hall–Kier alpha value is -3.45. The van der Waals surface area contributed by atoms with E-state index in [1.54, 1.807) is 38.7 Å². The van der Waals surface area contributed by atoms with Gasteiger partial charge in [0.2, 0.25) is 11.6 Å². The van der Waals surface area contributed by atoms with Gasteiger partial charge in [0.15, 0.2) is 17.4 Å². The number of halogens is 4. The number of nitrogens with zero attached hydrogens (tertiary/aromatic N) is 4. The smallest absolute Gasteiger partial charge is 0.254 e. The third-order valence-corrected chi connectivity index (χ3v) is 6.61. The predicted molar refractivity (Wildman–Crippen MR) is 180 cm³/mol. The zero-order valence-corrected chi connectivity index (χ0v) is 31.1. The van der Waals surface area contributed by atoms with Crippen molar-refractivity contribution >= 4 is 23.6 Å². The van der Waals surface area contributed by atoms with E-state index < -0.39 is 45.8 Å². The van der Waals surface area contributed by atoms with Crippen LogP contribution >= 0.6 is 11.8 Å². The first-order valence-electron chi connectivity index (χ1n) is 15.4. The van der Waals surface area contributed by atoms with Gasteiger partial charge >= 0.3 is 0 Å². The topological polar surface area (TPSA) is 86.6 Å². The average Bonchev–Trinajstić information content (AvgIpc) is 3.60. The molecule has 1 saturated heterocycles. The van der Waals surface area contributed by atoms with Crippen LogP contribution in [0.5, 0.6) is 5.75 Å². The molecule has 0 spiro atoms. The van der Waals surface area contributed by atoms with Crippen LogP contribution < -0.4 is 4.74 Å². The van der Waals surface area contributed by atoms with Crippen molar-refractivity contribution in [1.82, 2.24) is 19.6 Å². The number of carbonyl (C=O) groups excluding carboxylic acids is 2. The molecule has 1 fully saturated rings. The van der Waals surface area contributed by atoms with Gasteiger partial charge in [-0.1, -0.05) is 26.8 Å². The Kier molecular flexibility index (Phi) is 15.3. The molecule has 8 nitrogen and oxygen atoms in total. The molecule has 0 bridgehead atoms. The van der Waals surface area contributed by atoms with Gasteiger partial charge in [0, 0.05) is 47.3 Å². The normalized spacial score (nSPS) is 13.6. The lowest BCUT2D eigenvalue weighted by atomic mass is 10.1. The molecule has 1 aliphatic heterocycles. The third-order valence-electron chi connectivity index (χ3n) is 5.55. The number of thioether (sulfide) groups is 1. The molecule has 0 radical (unpaired) electrons. The van der Waals surface area contributed by atoms with E-state index in [0.717, 1.165) is 17.0 Å². The van der Waals surface area contributed by atoms with Crippen LogP contribution in [-0.4, -0.2) is 47.4 Å². The quantitative estimate of drug-likeness (QED) is 0.117. The highest BCUT2D eigenvalue weighted by Crippen LogP contribution is 2.32. The summed E-state index contributed by atoms with van der Waals surface area (Å²) in [5.41, 5.74) is -1.96. The first-order chi connectivity index (χ1) is 21.7. The highest BCUT2D eigenvalue weighted by atomic mass is 32.2. The van der Waals surface area contributed by atoms with E-state index >= 15 is 0 Å². The Bertz CT molecular complexity index is 1430. The Morgan fingerprint density at radius 1 is 0.750 bits per heavy atom. The summed E-state index contributed by atoms with van der Waals surface area (Å²) in [6, 6.07) is 5.99. The van der Waals surface area contributed by atoms with Crippen molar-refractivity contribution in [1.29, 1.82) is 0 Å². The van der Waals surface area contributed by atoms with Crippen LogP contribution in [0.15, 0.2) is 48.1 Å². The van der Waals surface area contributed by atoms with Crippen LogP contribution in [0.25, 0.3) is 0 Å². The van der Waals surface area contributed by atoms with Crippen molar-refractivity contribution < 1.29 is 36.7 Å². The first kappa shape index (κ1) is 42.6. The summed E-state index contributed by atoms with van der Waals surface area (Å²) in [7, 11) is 0. The number of imide groups is 1. The second kappa shape index (κ2) is 17.3. The summed E-state index contributed by atoms with van der Waals surface area (Å²) in [5.74, 6) is -7.38. The van der Waals surface area contributed by atoms with Crippen LogP contribution in [0.1, 0.15) is 101 Å². The molecule has 0 aliphatic carbocycles. The third kappa shape index (κ3) is 15.2. The number of rotatable bonds is 3. The number of ether oxygens (including phenoxy) is 1. The van der Waals surface area contributed by atoms with Gasteiger partial charge in [0.05, 0.1) is 17.0 Å². The monoisotopic (exact) mass is 698 g/mol. The van der Waals surface area contributed by atoms with E-state index in [4.69, 9.17) is 9.57 Å². The molecule has 2 aromatic heterocycles. The van der Waals surface area contributed by atoms with Gasteiger partial charge in [0.1, 0.15) is 5.60 Å². The van der Waals surface area contributed by atoms with E-state index in [2.05, 4.69) is 56.1 Å². The Balaban J connectivity index is 0.000000327. The summed E-state index contributed by atoms with van der Waals surface area (Å²) in [4.78, 5) is 35.4. The SMILES string of the molecule is CC(C)(C)ON1C(=O)CCC1=O.CC(C)(C)Sc1ccccn1.CC(C)(C)n1ccnc1.Cc1c(F)c(F)c(OC(C)(C)C)c(F)c1F. The number of benzene rings is 1. The number of amides is 2. The van der Waals surface area contributed by atoms with Gasteiger partial charge < -0.3 is 9.30 Å². The lowest BCUT2D eigenvalue weighted by molar-refractivity contribution is -0.218. The minimum absolute atomic E-state index is 0.177. The number of pyridine rings is 1. The minimum Gasteiger partial charge on any atom is -0.482 e. The zero-order valence-electron chi connectivity index (χ0n) is 30.3. The molecule has 1 aliphatic rings. The zero-order chi connectivity index (χ0) is 37.3. The summed E-state index contributed by atoms with van der Waals surface area (Å²) < 4.78 is 60.1. The average molecular weight is 699 g/mol. The Morgan fingerprint density at radius 3 is 1.60 bits per heavy atom. The molecular weight excluding hydrogens is 648 g/mol. The molecule has 2 amide bonds. The van der Waals surface area contributed by atoms with Crippen molar-refractivity contribution in [2.45, 2.75) is 129 Å². The molecule has 3 heterocycles. The maximum absolute atomic E-state index is 13.3. The fourth-order valence-electron chi connectivity index (χ4n) is 3.43. The fourth-order valence-corrected chi connectivity index (χ4v) is 4.31. The van der Waals surface area contributed by atoms with Crippen LogP contribution in [0.3, 0.4) is 0 Å². The van der Waals surface area contributed by atoms with Crippen LogP contribution in [-0.2, 0) is 20.0 Å². The number of imidazole rings is 1. The van der Waals surface area contributed by atoms with E-state index in [1.807, 2.05) is 36.9 Å². The molecule has 0 atom stereocenters. The molecule has 1 aromatic carbocycles. The van der Waals surface area contributed by atoms with Crippen molar-refractivity contribution in [3.63, 3.8) is 0 Å². The number of carbonyl (C=O) groups is 2. The largest absolute Gasteiger partial charge is 0.482 e. The maximum atomic E-state index is 13.3. The molecule has 13 heteroatoms. The van der Waals surface area contributed by atoms with E-state index in [1.165, 1.54) is 20.8 Å². The van der Waals surface area contributed by atoms with Crippen LogP contribution in [0, 0.1) is 30.2 Å². The number of hydrogen-bond donors (Lipinski definition) is 0. The lowest BCUT2D eigenvalue weighted by Crippen LogP contribution is -2.37. The highest BCUT2D eigenvalue weighted by molar-refractivity contribution is 8.00. The van der Waals surface area contributed by atoms with E-state index in [0.29, 0.717) is 0 Å². The second-order valence-corrected chi connectivity index (χ2v) is 16.6. The summed E-state index contributed by atoms with van der Waals surface area (Å²) >= 11 is 1.79. The highest BCUT2D eigenvalue weighted by Gasteiger charge is 2.33. The molecule has 0 N–H and O–H groups in total. The minimum atomic E-state index is -1.51. The summed E-state index contributed by atoms with van der Waals surface area (Å²) in [6.07, 6.45) is 7.98. The van der Waals surface area contributed by atoms with Gasteiger partial charge in [-0.05, 0) is 81.4 Å². The number of aromatic nitrogens is 3.